The summed E-state index contributed by atoms with van der Waals surface area (Å²) in [6.45, 7) is 7.18. The number of ether oxygens (including phenoxy) is 2. The third kappa shape index (κ3) is 9.51. The van der Waals surface area contributed by atoms with Gasteiger partial charge in [0.15, 0.2) is 11.8 Å². The highest BCUT2D eigenvalue weighted by Gasteiger charge is 2.35. The second-order valence-corrected chi connectivity index (χ2v) is 10.9. The molecule has 0 saturated carbocycles. The fraction of sp³-hybridized carbons (Fsp3) is 0.162. The minimum atomic E-state index is -0.730. The normalized spacial score (nSPS) is 14.4. The van der Waals surface area contributed by atoms with Gasteiger partial charge in [-0.2, -0.15) is 4.99 Å². The number of allylic oxidation sites excluding steroid dienone is 4. The first kappa shape index (κ1) is 34.4. The van der Waals surface area contributed by atoms with Gasteiger partial charge in [-0.25, -0.2) is 4.79 Å². The van der Waals surface area contributed by atoms with E-state index in [0.29, 0.717) is 17.0 Å². The van der Waals surface area contributed by atoms with Crippen LogP contribution in [0.2, 0.25) is 0 Å². The highest BCUT2D eigenvalue weighted by Crippen LogP contribution is 2.27. The van der Waals surface area contributed by atoms with E-state index in [1.165, 1.54) is 11.0 Å². The Labute approximate surface area is 278 Å². The number of amidine groups is 1. The van der Waals surface area contributed by atoms with Gasteiger partial charge in [0.1, 0.15) is 11.3 Å². The molecule has 0 fully saturated rings. The number of carbonyl (C=O) groups excluding carboxylic acids is 4. The Balaban J connectivity index is 1.55. The number of benzene rings is 3. The SMILES string of the molecule is C=C/C=C\C(=C/C)N1C(=O)/C(=C/c2ccc(OCC(=O)OCC)cc2)C(=O)N=C1SCC(=O)NC(c1ccccc1)c1ccccc1. The van der Waals surface area contributed by atoms with Crippen LogP contribution in [0.4, 0.5) is 0 Å². The second kappa shape index (κ2) is 17.3. The molecule has 0 bridgehead atoms. The maximum Gasteiger partial charge on any atom is 0.344 e. The number of hydrogen-bond donors (Lipinski definition) is 1. The molecule has 0 radical (unpaired) electrons. The third-order valence-corrected chi connectivity index (χ3v) is 7.70. The van der Waals surface area contributed by atoms with Gasteiger partial charge in [-0.05, 0) is 54.8 Å². The van der Waals surface area contributed by atoms with Crippen molar-refractivity contribution in [3.63, 3.8) is 0 Å². The van der Waals surface area contributed by atoms with Crippen LogP contribution in [0.1, 0.15) is 36.6 Å². The average molecular weight is 650 g/mol. The van der Waals surface area contributed by atoms with Crippen molar-refractivity contribution < 1.29 is 28.7 Å². The van der Waals surface area contributed by atoms with Crippen molar-refractivity contribution in [2.24, 2.45) is 4.99 Å². The summed E-state index contributed by atoms with van der Waals surface area (Å²) in [6.07, 6.45) is 8.05. The Kier molecular flexibility index (Phi) is 12.6. The summed E-state index contributed by atoms with van der Waals surface area (Å²) in [5.74, 6) is -1.79. The number of amides is 3. The van der Waals surface area contributed by atoms with Crippen LogP contribution in [0.25, 0.3) is 6.08 Å². The molecule has 3 amide bonds. The summed E-state index contributed by atoms with van der Waals surface area (Å²) >= 11 is 0.992. The molecule has 0 unspecified atom stereocenters. The Morgan fingerprint density at radius 3 is 2.19 bits per heavy atom. The molecule has 0 aromatic heterocycles. The van der Waals surface area contributed by atoms with Crippen LogP contribution in [-0.4, -0.2) is 52.7 Å². The van der Waals surface area contributed by atoms with Gasteiger partial charge in [0.05, 0.1) is 18.4 Å². The highest BCUT2D eigenvalue weighted by molar-refractivity contribution is 8.14. The molecular weight excluding hydrogens is 614 g/mol. The molecule has 1 aliphatic rings. The van der Waals surface area contributed by atoms with Crippen molar-refractivity contribution in [3.8, 4) is 5.75 Å². The Morgan fingerprint density at radius 2 is 1.62 bits per heavy atom. The van der Waals surface area contributed by atoms with E-state index in [4.69, 9.17) is 9.47 Å². The smallest absolute Gasteiger partial charge is 0.344 e. The van der Waals surface area contributed by atoms with Gasteiger partial charge in [-0.3, -0.25) is 19.3 Å². The van der Waals surface area contributed by atoms with E-state index >= 15 is 0 Å². The topological polar surface area (TPSA) is 114 Å². The van der Waals surface area contributed by atoms with Gasteiger partial charge in [-0.1, -0.05) is 109 Å². The fourth-order valence-electron chi connectivity index (χ4n) is 4.57. The first-order valence-electron chi connectivity index (χ1n) is 14.9. The predicted molar refractivity (Wildman–Crippen MR) is 184 cm³/mol. The van der Waals surface area contributed by atoms with Crippen molar-refractivity contribution >= 4 is 46.7 Å². The quantitative estimate of drug-likeness (QED) is 0.104. The number of thioether (sulfide) groups is 1. The number of carbonyl (C=O) groups is 4. The summed E-state index contributed by atoms with van der Waals surface area (Å²) in [7, 11) is 0. The number of rotatable bonds is 13. The zero-order chi connectivity index (χ0) is 33.6. The van der Waals surface area contributed by atoms with Crippen LogP contribution >= 0.6 is 11.8 Å². The molecule has 0 aliphatic carbocycles. The zero-order valence-corrected chi connectivity index (χ0v) is 26.9. The van der Waals surface area contributed by atoms with Gasteiger partial charge < -0.3 is 14.8 Å². The summed E-state index contributed by atoms with van der Waals surface area (Å²) < 4.78 is 10.3. The van der Waals surface area contributed by atoms with Gasteiger partial charge in [-0.15, -0.1) is 0 Å². The van der Waals surface area contributed by atoms with E-state index in [2.05, 4.69) is 16.9 Å². The maximum atomic E-state index is 13.9. The number of esters is 1. The lowest BCUT2D eigenvalue weighted by Gasteiger charge is -2.28. The Hall–Kier alpha value is -5.48. The lowest BCUT2D eigenvalue weighted by atomic mass is 9.99. The molecule has 9 nitrogen and oxygen atoms in total. The lowest BCUT2D eigenvalue weighted by molar-refractivity contribution is -0.145. The van der Waals surface area contributed by atoms with Crippen LogP contribution < -0.4 is 10.1 Å². The summed E-state index contributed by atoms with van der Waals surface area (Å²) in [5, 5.41) is 3.16. The number of nitrogens with one attached hydrogen (secondary N) is 1. The van der Waals surface area contributed by atoms with Crippen LogP contribution in [-0.2, 0) is 23.9 Å². The van der Waals surface area contributed by atoms with Gasteiger partial charge >= 0.3 is 5.97 Å². The molecular formula is C37H35N3O6S. The number of hydrogen-bond acceptors (Lipinski definition) is 7. The summed E-state index contributed by atoms with van der Waals surface area (Å²) in [4.78, 5) is 57.6. The van der Waals surface area contributed by atoms with E-state index in [0.717, 1.165) is 22.9 Å². The second-order valence-electron chi connectivity index (χ2n) is 9.98. The first-order chi connectivity index (χ1) is 22.8. The van der Waals surface area contributed by atoms with Crippen molar-refractivity contribution in [3.05, 3.63) is 144 Å². The molecule has 3 aromatic carbocycles. The van der Waals surface area contributed by atoms with Crippen LogP contribution in [0, 0.1) is 0 Å². The van der Waals surface area contributed by atoms with Gasteiger partial charge in [0, 0.05) is 5.70 Å². The molecule has 240 valence electrons. The summed E-state index contributed by atoms with van der Waals surface area (Å²) in [5.41, 5.74) is 2.68. The molecule has 4 rings (SSSR count). The molecule has 0 spiro atoms. The third-order valence-electron chi connectivity index (χ3n) is 6.77. The number of nitrogens with zero attached hydrogens (tertiary/aromatic N) is 2. The molecule has 3 aromatic rings. The molecule has 1 aliphatic heterocycles. The Morgan fingerprint density at radius 1 is 0.979 bits per heavy atom. The van der Waals surface area contributed by atoms with Crippen LogP contribution in [0.15, 0.2) is 132 Å². The van der Waals surface area contributed by atoms with E-state index in [-0.39, 0.29) is 35.6 Å². The van der Waals surface area contributed by atoms with Gasteiger partial charge in [0.25, 0.3) is 11.8 Å². The van der Waals surface area contributed by atoms with Crippen molar-refractivity contribution in [1.29, 1.82) is 0 Å². The Bertz CT molecular complexity index is 1670. The molecule has 1 heterocycles. The van der Waals surface area contributed by atoms with Crippen molar-refractivity contribution in [2.45, 2.75) is 19.9 Å². The highest BCUT2D eigenvalue weighted by atomic mass is 32.2. The number of aliphatic imine (C=N–C) groups is 1. The molecule has 47 heavy (non-hydrogen) atoms. The minimum Gasteiger partial charge on any atom is -0.482 e. The maximum absolute atomic E-state index is 13.9. The standard InChI is InChI=1S/C37H35N3O6S/c1-4-7-18-29(5-2)40-36(44)31(23-26-19-21-30(22-20-26)46-24-33(42)45-6-3)35(43)39-37(40)47-25-32(41)38-34(27-14-10-8-11-15-27)28-16-12-9-13-17-28/h4-5,7-23,34H,1,6,24-25H2,2-3H3,(H,38,41)/b18-7-,29-5+,31-23+. The lowest BCUT2D eigenvalue weighted by Crippen LogP contribution is -2.42. The molecule has 10 heteroatoms. The monoisotopic (exact) mass is 649 g/mol. The average Bonchev–Trinajstić information content (AvgIpc) is 3.09. The minimum absolute atomic E-state index is 0.0767. The van der Waals surface area contributed by atoms with E-state index in [1.807, 2.05) is 60.7 Å². The first-order valence-corrected chi connectivity index (χ1v) is 15.9. The van der Waals surface area contributed by atoms with E-state index < -0.39 is 23.8 Å². The summed E-state index contributed by atoms with van der Waals surface area (Å²) in [6, 6.07) is 25.4. The molecule has 0 saturated heterocycles. The zero-order valence-electron chi connectivity index (χ0n) is 26.1. The molecule has 0 atom stereocenters. The van der Waals surface area contributed by atoms with Crippen molar-refractivity contribution in [2.75, 3.05) is 19.0 Å². The largest absolute Gasteiger partial charge is 0.482 e. The molecule has 1 N–H and O–H groups in total. The van der Waals surface area contributed by atoms with Crippen molar-refractivity contribution in [1.82, 2.24) is 10.2 Å². The van der Waals surface area contributed by atoms with Crippen LogP contribution in [0.5, 0.6) is 5.75 Å². The van der Waals surface area contributed by atoms with E-state index in [9.17, 15) is 19.2 Å². The van der Waals surface area contributed by atoms with Crippen LogP contribution in [0.3, 0.4) is 0 Å². The predicted octanol–water partition coefficient (Wildman–Crippen LogP) is 6.02. The van der Waals surface area contributed by atoms with Gasteiger partial charge in [0.2, 0.25) is 5.91 Å². The fourth-order valence-corrected chi connectivity index (χ4v) is 5.37. The van der Waals surface area contributed by atoms with E-state index in [1.54, 1.807) is 62.4 Å².